The van der Waals surface area contributed by atoms with Gasteiger partial charge in [0.15, 0.2) is 0 Å². The highest BCUT2D eigenvalue weighted by atomic mass is 32.2. The van der Waals surface area contributed by atoms with Crippen LogP contribution in [0.2, 0.25) is 0 Å². The Morgan fingerprint density at radius 3 is 2.57 bits per heavy atom. The Balaban J connectivity index is 2.35. The quantitative estimate of drug-likeness (QED) is 0.627. The molecule has 2 aromatic carbocycles. The summed E-state index contributed by atoms with van der Waals surface area (Å²) >= 11 is 1.17. The van der Waals surface area contributed by atoms with Crippen LogP contribution in [0.4, 0.5) is 11.4 Å². The zero-order valence-corrected chi connectivity index (χ0v) is 17.2. The van der Waals surface area contributed by atoms with Gasteiger partial charge in [-0.05, 0) is 37.3 Å². The van der Waals surface area contributed by atoms with Crippen molar-refractivity contribution < 1.29 is 17.9 Å². The number of benzene rings is 2. The molecule has 0 spiro atoms. The topological polar surface area (TPSA) is 99.5 Å². The third-order valence-corrected chi connectivity index (χ3v) is 6.46. The molecule has 0 heterocycles. The van der Waals surface area contributed by atoms with Gasteiger partial charge in [-0.2, -0.15) is 5.26 Å². The summed E-state index contributed by atoms with van der Waals surface area (Å²) in [6, 6.07) is 15.1. The minimum atomic E-state index is -3.83. The van der Waals surface area contributed by atoms with Crippen LogP contribution in [0, 0.1) is 11.3 Å². The number of amides is 1. The lowest BCUT2D eigenvalue weighted by atomic mass is 10.3. The minimum Gasteiger partial charge on any atom is -0.495 e. The molecular weight excluding hydrogens is 398 g/mol. The van der Waals surface area contributed by atoms with Crippen LogP contribution in [0.25, 0.3) is 0 Å². The van der Waals surface area contributed by atoms with Gasteiger partial charge in [-0.1, -0.05) is 18.2 Å². The van der Waals surface area contributed by atoms with Gasteiger partial charge in [-0.15, -0.1) is 11.8 Å². The molecule has 0 aliphatic rings. The Morgan fingerprint density at radius 2 is 1.96 bits per heavy atom. The molecule has 0 aromatic heterocycles. The summed E-state index contributed by atoms with van der Waals surface area (Å²) in [5.41, 5.74) is 0.814. The number of rotatable bonds is 9. The molecule has 0 atom stereocenters. The molecule has 0 saturated heterocycles. The maximum atomic E-state index is 13.1. The molecule has 2 aromatic rings. The molecule has 148 valence electrons. The van der Waals surface area contributed by atoms with Crippen LogP contribution in [-0.4, -0.2) is 39.5 Å². The van der Waals surface area contributed by atoms with E-state index in [1.54, 1.807) is 31.2 Å². The SMILES string of the molecule is CCN(c1ccccc1)S(=O)(=O)c1ccc(OC)c(NC(=O)CSCC#N)c1. The van der Waals surface area contributed by atoms with Crippen molar-refractivity contribution in [1.29, 1.82) is 5.26 Å². The van der Waals surface area contributed by atoms with Gasteiger partial charge in [0.25, 0.3) is 10.0 Å². The highest BCUT2D eigenvalue weighted by Gasteiger charge is 2.25. The number of nitrogens with zero attached hydrogens (tertiary/aromatic N) is 2. The monoisotopic (exact) mass is 419 g/mol. The fraction of sp³-hybridized carbons (Fsp3) is 0.263. The fourth-order valence-electron chi connectivity index (χ4n) is 2.53. The number of carbonyl (C=O) groups excluding carboxylic acids is 1. The van der Waals surface area contributed by atoms with Crippen molar-refractivity contribution in [2.75, 3.05) is 34.8 Å². The summed E-state index contributed by atoms with van der Waals surface area (Å²) in [5.74, 6) is 0.282. The Labute approximate surface area is 169 Å². The Morgan fingerprint density at radius 1 is 1.25 bits per heavy atom. The number of nitriles is 1. The third kappa shape index (κ3) is 5.18. The van der Waals surface area contributed by atoms with Gasteiger partial charge in [0.05, 0.1) is 41.0 Å². The van der Waals surface area contributed by atoms with E-state index in [1.165, 1.54) is 41.4 Å². The molecule has 1 amide bonds. The van der Waals surface area contributed by atoms with E-state index >= 15 is 0 Å². The Hall–Kier alpha value is -2.70. The fourth-order valence-corrected chi connectivity index (χ4v) is 4.49. The molecule has 0 bridgehead atoms. The number of carbonyl (C=O) groups is 1. The van der Waals surface area contributed by atoms with Crippen molar-refractivity contribution in [3.05, 3.63) is 48.5 Å². The van der Waals surface area contributed by atoms with Crippen LogP contribution >= 0.6 is 11.8 Å². The smallest absolute Gasteiger partial charge is 0.264 e. The van der Waals surface area contributed by atoms with Gasteiger partial charge in [-0.3, -0.25) is 9.10 Å². The van der Waals surface area contributed by atoms with Crippen molar-refractivity contribution in [3.63, 3.8) is 0 Å². The van der Waals surface area contributed by atoms with E-state index in [-0.39, 0.29) is 34.5 Å². The van der Waals surface area contributed by atoms with Crippen molar-refractivity contribution in [2.45, 2.75) is 11.8 Å². The normalized spacial score (nSPS) is 10.8. The van der Waals surface area contributed by atoms with Gasteiger partial charge in [0.2, 0.25) is 5.91 Å². The largest absolute Gasteiger partial charge is 0.495 e. The molecule has 0 unspecified atom stereocenters. The second-order valence-electron chi connectivity index (χ2n) is 5.57. The molecule has 0 aliphatic carbocycles. The van der Waals surface area contributed by atoms with E-state index in [9.17, 15) is 13.2 Å². The molecule has 0 aliphatic heterocycles. The summed E-state index contributed by atoms with van der Waals surface area (Å²) < 4.78 is 32.8. The van der Waals surface area contributed by atoms with Crippen LogP contribution in [0.15, 0.2) is 53.4 Å². The zero-order chi connectivity index (χ0) is 20.6. The van der Waals surface area contributed by atoms with Crippen molar-refractivity contribution in [1.82, 2.24) is 0 Å². The lowest BCUT2D eigenvalue weighted by Crippen LogP contribution is -2.30. The van der Waals surface area contributed by atoms with Gasteiger partial charge in [-0.25, -0.2) is 8.42 Å². The van der Waals surface area contributed by atoms with Crippen LogP contribution in [0.3, 0.4) is 0 Å². The molecule has 0 fully saturated rings. The average Bonchev–Trinajstić information content (AvgIpc) is 2.69. The van der Waals surface area contributed by atoms with Crippen LogP contribution < -0.4 is 14.4 Å². The van der Waals surface area contributed by atoms with Gasteiger partial charge in [0, 0.05) is 6.54 Å². The molecule has 1 N–H and O–H groups in total. The van der Waals surface area contributed by atoms with E-state index in [0.29, 0.717) is 11.4 Å². The van der Waals surface area contributed by atoms with E-state index < -0.39 is 10.0 Å². The predicted octanol–water partition coefficient (Wildman–Crippen LogP) is 3.11. The number of sulfonamides is 1. The lowest BCUT2D eigenvalue weighted by molar-refractivity contribution is -0.113. The summed E-state index contributed by atoms with van der Waals surface area (Å²) in [7, 11) is -2.39. The highest BCUT2D eigenvalue weighted by molar-refractivity contribution is 8.00. The molecule has 0 radical (unpaired) electrons. The van der Waals surface area contributed by atoms with E-state index in [1.807, 2.05) is 12.1 Å². The third-order valence-electron chi connectivity index (χ3n) is 3.76. The standard InChI is InChI=1S/C19H21N3O4S2/c1-3-22(15-7-5-4-6-8-15)28(24,25)16-9-10-18(26-2)17(13-16)21-19(23)14-27-12-11-20/h4-10,13H,3,12,14H2,1-2H3,(H,21,23). The number of methoxy groups -OCH3 is 1. The van der Waals surface area contributed by atoms with Gasteiger partial charge >= 0.3 is 0 Å². The number of hydrogen-bond acceptors (Lipinski definition) is 6. The first-order valence-electron chi connectivity index (χ1n) is 8.44. The molecule has 28 heavy (non-hydrogen) atoms. The predicted molar refractivity (Wildman–Crippen MR) is 111 cm³/mol. The maximum absolute atomic E-state index is 13.1. The summed E-state index contributed by atoms with van der Waals surface area (Å²) in [4.78, 5) is 12.1. The van der Waals surface area contributed by atoms with Crippen molar-refractivity contribution >= 4 is 39.1 Å². The molecular formula is C19H21N3O4S2. The first-order valence-corrected chi connectivity index (χ1v) is 11.0. The molecule has 7 nitrogen and oxygen atoms in total. The first-order chi connectivity index (χ1) is 13.4. The maximum Gasteiger partial charge on any atom is 0.264 e. The van der Waals surface area contributed by atoms with Crippen molar-refractivity contribution in [3.8, 4) is 11.8 Å². The summed E-state index contributed by atoms with van der Waals surface area (Å²) in [6.45, 7) is 2.01. The first kappa shape index (κ1) is 21.6. The summed E-state index contributed by atoms with van der Waals surface area (Å²) in [6.07, 6.45) is 0. The number of thioether (sulfide) groups is 1. The minimum absolute atomic E-state index is 0.0407. The number of para-hydroxylation sites is 1. The highest BCUT2D eigenvalue weighted by Crippen LogP contribution is 2.30. The Bertz CT molecular complexity index is 957. The van der Waals surface area contributed by atoms with Crippen LogP contribution in [0.5, 0.6) is 5.75 Å². The lowest BCUT2D eigenvalue weighted by Gasteiger charge is -2.23. The van der Waals surface area contributed by atoms with E-state index in [0.717, 1.165) is 0 Å². The molecule has 2 rings (SSSR count). The van der Waals surface area contributed by atoms with Crippen molar-refractivity contribution in [2.24, 2.45) is 0 Å². The number of hydrogen-bond donors (Lipinski definition) is 1. The van der Waals surface area contributed by atoms with Crippen LogP contribution in [0.1, 0.15) is 6.92 Å². The number of ether oxygens (including phenoxy) is 1. The zero-order valence-electron chi connectivity index (χ0n) is 15.6. The molecule has 9 heteroatoms. The average molecular weight is 420 g/mol. The van der Waals surface area contributed by atoms with Crippen LogP contribution in [-0.2, 0) is 14.8 Å². The summed E-state index contributed by atoms with van der Waals surface area (Å²) in [5, 5.41) is 11.2. The number of nitrogens with one attached hydrogen (secondary N) is 1. The van der Waals surface area contributed by atoms with E-state index in [2.05, 4.69) is 5.32 Å². The Kier molecular flexibility index (Phi) is 7.72. The van der Waals surface area contributed by atoms with E-state index in [4.69, 9.17) is 10.00 Å². The van der Waals surface area contributed by atoms with Gasteiger partial charge in [0.1, 0.15) is 5.75 Å². The van der Waals surface area contributed by atoms with Gasteiger partial charge < -0.3 is 10.1 Å². The molecule has 0 saturated carbocycles. The second-order valence-corrected chi connectivity index (χ2v) is 8.41. The second kappa shape index (κ2) is 10.0. The number of anilines is 2.